The SMILES string of the molecule is O=C([O-])COc1ccc(/C=C/C(=O)c2ccc(Cl)c(Cl)c2Cl)cc1. The molecule has 0 N–H and O–H groups in total. The minimum atomic E-state index is -1.30. The van der Waals surface area contributed by atoms with E-state index in [0.29, 0.717) is 5.75 Å². The van der Waals surface area contributed by atoms with E-state index in [9.17, 15) is 14.7 Å². The van der Waals surface area contributed by atoms with Crippen molar-refractivity contribution in [2.24, 2.45) is 0 Å². The van der Waals surface area contributed by atoms with Crippen molar-refractivity contribution in [3.63, 3.8) is 0 Å². The van der Waals surface area contributed by atoms with Crippen molar-refractivity contribution >= 4 is 52.6 Å². The van der Waals surface area contributed by atoms with E-state index in [0.717, 1.165) is 5.56 Å². The third-order valence-electron chi connectivity index (χ3n) is 2.96. The maximum Gasteiger partial charge on any atom is 0.187 e. The molecule has 2 rings (SSSR count). The van der Waals surface area contributed by atoms with Crippen LogP contribution in [-0.2, 0) is 4.79 Å². The number of carboxylic acid groups (broad SMARTS) is 1. The quantitative estimate of drug-likeness (QED) is 0.433. The van der Waals surface area contributed by atoms with Crippen molar-refractivity contribution in [2.45, 2.75) is 0 Å². The summed E-state index contributed by atoms with van der Waals surface area (Å²) in [7, 11) is 0. The van der Waals surface area contributed by atoms with Crippen molar-refractivity contribution in [3.05, 3.63) is 68.7 Å². The summed E-state index contributed by atoms with van der Waals surface area (Å²) in [6.07, 6.45) is 2.94. The third-order valence-corrected chi connectivity index (χ3v) is 4.26. The molecule has 0 fully saturated rings. The molecule has 0 atom stereocenters. The Morgan fingerprint density at radius 1 is 1.00 bits per heavy atom. The van der Waals surface area contributed by atoms with E-state index in [4.69, 9.17) is 39.5 Å². The number of halogens is 3. The van der Waals surface area contributed by atoms with Crippen LogP contribution in [0, 0.1) is 0 Å². The monoisotopic (exact) mass is 383 g/mol. The average molecular weight is 385 g/mol. The van der Waals surface area contributed by atoms with E-state index in [1.165, 1.54) is 18.2 Å². The van der Waals surface area contributed by atoms with Crippen LogP contribution in [0.4, 0.5) is 0 Å². The molecule has 0 bridgehead atoms. The van der Waals surface area contributed by atoms with Gasteiger partial charge in [-0.3, -0.25) is 4.79 Å². The van der Waals surface area contributed by atoms with Gasteiger partial charge >= 0.3 is 0 Å². The summed E-state index contributed by atoms with van der Waals surface area (Å²) in [5, 5.41) is 10.8. The lowest BCUT2D eigenvalue weighted by Gasteiger charge is -2.06. The average Bonchev–Trinajstić information content (AvgIpc) is 2.56. The molecule has 0 unspecified atom stereocenters. The molecule has 24 heavy (non-hydrogen) atoms. The molecule has 0 aliphatic heterocycles. The molecule has 124 valence electrons. The molecule has 2 aromatic rings. The van der Waals surface area contributed by atoms with Crippen molar-refractivity contribution in [1.29, 1.82) is 0 Å². The predicted octanol–water partition coefficient (Wildman–Crippen LogP) is 3.67. The van der Waals surface area contributed by atoms with Gasteiger partial charge in [-0.25, -0.2) is 0 Å². The first-order valence-corrected chi connectivity index (χ1v) is 7.80. The lowest BCUT2D eigenvalue weighted by molar-refractivity contribution is -0.307. The lowest BCUT2D eigenvalue weighted by Crippen LogP contribution is -2.28. The highest BCUT2D eigenvalue weighted by Crippen LogP contribution is 2.33. The van der Waals surface area contributed by atoms with Crippen LogP contribution in [-0.4, -0.2) is 18.4 Å². The normalized spacial score (nSPS) is 10.8. The van der Waals surface area contributed by atoms with Crippen LogP contribution in [0.1, 0.15) is 15.9 Å². The van der Waals surface area contributed by atoms with Gasteiger partial charge in [0.05, 0.1) is 21.0 Å². The zero-order valence-electron chi connectivity index (χ0n) is 12.1. The Bertz CT molecular complexity index is 798. The molecular weight excluding hydrogens is 375 g/mol. The van der Waals surface area contributed by atoms with Crippen LogP contribution in [0.15, 0.2) is 42.5 Å². The van der Waals surface area contributed by atoms with Gasteiger partial charge in [0.1, 0.15) is 12.4 Å². The molecule has 0 heterocycles. The van der Waals surface area contributed by atoms with Gasteiger partial charge in [-0.15, -0.1) is 0 Å². The van der Waals surface area contributed by atoms with Gasteiger partial charge in [-0.1, -0.05) is 53.0 Å². The largest absolute Gasteiger partial charge is 0.546 e. The molecule has 0 aromatic heterocycles. The highest BCUT2D eigenvalue weighted by Gasteiger charge is 2.13. The highest BCUT2D eigenvalue weighted by molar-refractivity contribution is 6.49. The fourth-order valence-corrected chi connectivity index (χ4v) is 2.42. The van der Waals surface area contributed by atoms with E-state index in [1.807, 2.05) is 0 Å². The van der Waals surface area contributed by atoms with E-state index >= 15 is 0 Å². The molecule has 0 saturated carbocycles. The molecule has 0 radical (unpaired) electrons. The summed E-state index contributed by atoms with van der Waals surface area (Å²) >= 11 is 17.8. The fourth-order valence-electron chi connectivity index (χ4n) is 1.80. The maximum atomic E-state index is 12.2. The molecule has 0 amide bonds. The van der Waals surface area contributed by atoms with Gasteiger partial charge in [-0.2, -0.15) is 0 Å². The van der Waals surface area contributed by atoms with E-state index in [1.54, 1.807) is 30.3 Å². The Kier molecular flexibility index (Phi) is 6.26. The second kappa shape index (κ2) is 8.20. The van der Waals surface area contributed by atoms with Crippen molar-refractivity contribution in [3.8, 4) is 5.75 Å². The second-order valence-electron chi connectivity index (χ2n) is 4.65. The topological polar surface area (TPSA) is 66.4 Å². The number of hydrogen-bond donors (Lipinski definition) is 0. The Morgan fingerprint density at radius 2 is 1.67 bits per heavy atom. The number of ether oxygens (including phenoxy) is 1. The van der Waals surface area contributed by atoms with Crippen LogP contribution in [0.3, 0.4) is 0 Å². The summed E-state index contributed by atoms with van der Waals surface area (Å²) < 4.78 is 4.96. The van der Waals surface area contributed by atoms with Gasteiger partial charge in [0.15, 0.2) is 5.78 Å². The second-order valence-corrected chi connectivity index (χ2v) is 5.81. The minimum absolute atomic E-state index is 0.102. The molecule has 7 heteroatoms. The zero-order valence-corrected chi connectivity index (χ0v) is 14.4. The first kappa shape index (κ1) is 18.3. The standard InChI is InChI=1S/C17H11Cl3O4/c18-13-7-6-12(16(19)17(13)20)14(21)8-3-10-1-4-11(5-2-10)24-9-15(22)23/h1-8H,9H2,(H,22,23)/p-1/b8-3+. The van der Waals surface area contributed by atoms with E-state index in [-0.39, 0.29) is 26.4 Å². The lowest BCUT2D eigenvalue weighted by atomic mass is 10.1. The molecule has 0 spiro atoms. The number of ketones is 1. The Balaban J connectivity index is 2.09. The van der Waals surface area contributed by atoms with Gasteiger partial charge in [0, 0.05) is 5.56 Å². The number of carbonyl (C=O) groups excluding carboxylic acids is 2. The van der Waals surface area contributed by atoms with E-state index < -0.39 is 12.6 Å². The predicted molar refractivity (Wildman–Crippen MR) is 91.8 cm³/mol. The van der Waals surface area contributed by atoms with Crippen molar-refractivity contribution in [1.82, 2.24) is 0 Å². The van der Waals surface area contributed by atoms with Crippen LogP contribution in [0.5, 0.6) is 5.75 Å². The fraction of sp³-hybridized carbons (Fsp3) is 0.0588. The van der Waals surface area contributed by atoms with Gasteiger partial charge in [0.2, 0.25) is 0 Å². The maximum absolute atomic E-state index is 12.2. The number of carbonyl (C=O) groups is 2. The Labute approximate surface area is 153 Å². The Morgan fingerprint density at radius 3 is 2.29 bits per heavy atom. The molecule has 0 saturated heterocycles. The molecule has 2 aromatic carbocycles. The first-order valence-electron chi connectivity index (χ1n) is 6.67. The molecular formula is C17H10Cl3O4-. The number of hydrogen-bond acceptors (Lipinski definition) is 4. The molecule has 4 nitrogen and oxygen atoms in total. The summed E-state index contributed by atoms with van der Waals surface area (Å²) in [5.74, 6) is -1.24. The van der Waals surface area contributed by atoms with Gasteiger partial charge < -0.3 is 14.6 Å². The molecule has 0 aliphatic carbocycles. The van der Waals surface area contributed by atoms with Crippen molar-refractivity contribution < 1.29 is 19.4 Å². The smallest absolute Gasteiger partial charge is 0.187 e. The van der Waals surface area contributed by atoms with Gasteiger partial charge in [0.25, 0.3) is 0 Å². The first-order chi connectivity index (χ1) is 11.4. The van der Waals surface area contributed by atoms with Crippen LogP contribution < -0.4 is 9.84 Å². The third kappa shape index (κ3) is 4.74. The van der Waals surface area contributed by atoms with Crippen LogP contribution in [0.2, 0.25) is 15.1 Å². The molecule has 0 aliphatic rings. The minimum Gasteiger partial charge on any atom is -0.546 e. The number of allylic oxidation sites excluding steroid dienone is 1. The summed E-state index contributed by atoms with van der Waals surface area (Å²) in [6.45, 7) is -0.524. The van der Waals surface area contributed by atoms with Crippen molar-refractivity contribution in [2.75, 3.05) is 6.61 Å². The summed E-state index contributed by atoms with van der Waals surface area (Å²) in [6, 6.07) is 9.51. The highest BCUT2D eigenvalue weighted by atomic mass is 35.5. The Hall–Kier alpha value is -2.01. The number of aliphatic carboxylic acids is 1. The van der Waals surface area contributed by atoms with Crippen LogP contribution >= 0.6 is 34.8 Å². The van der Waals surface area contributed by atoms with E-state index in [2.05, 4.69) is 0 Å². The zero-order chi connectivity index (χ0) is 17.7. The summed E-state index contributed by atoms with van der Waals surface area (Å²) in [5.41, 5.74) is 0.969. The van der Waals surface area contributed by atoms with Crippen LogP contribution in [0.25, 0.3) is 6.08 Å². The number of benzene rings is 2. The number of carboxylic acids is 1. The summed E-state index contributed by atoms with van der Waals surface area (Å²) in [4.78, 5) is 22.5. The van der Waals surface area contributed by atoms with Gasteiger partial charge in [-0.05, 0) is 35.9 Å². The number of rotatable bonds is 6.